The molecule has 6 heteroatoms. The summed E-state index contributed by atoms with van der Waals surface area (Å²) in [6.07, 6.45) is 0.722. The smallest absolute Gasteiger partial charge is 0.148 e. The first-order valence-corrected chi connectivity index (χ1v) is 7.88. The average molecular weight is 337 g/mol. The molecule has 0 unspecified atom stereocenters. The Labute approximate surface area is 124 Å². The SMILES string of the molecule is NNc1nc(Cc2ccc(Br)cc2)nc2c1CSC2. The molecule has 1 aliphatic rings. The molecule has 3 rings (SSSR count). The fraction of sp³-hybridized carbons (Fsp3) is 0.231. The van der Waals surface area contributed by atoms with E-state index >= 15 is 0 Å². The molecule has 0 saturated carbocycles. The standard InChI is InChI=1S/C13H13BrN4S/c14-9-3-1-8(2-4-9)5-12-16-11-7-19-6-10(11)13(17-12)18-15/h1-4H,5-7,15H2,(H,16,17,18). The van der Waals surface area contributed by atoms with Crippen molar-refractivity contribution in [1.82, 2.24) is 9.97 Å². The van der Waals surface area contributed by atoms with Gasteiger partial charge in [0.25, 0.3) is 0 Å². The highest BCUT2D eigenvalue weighted by Crippen LogP contribution is 2.32. The molecule has 1 aliphatic heterocycles. The number of hydrogen-bond acceptors (Lipinski definition) is 5. The highest BCUT2D eigenvalue weighted by molar-refractivity contribution is 9.10. The van der Waals surface area contributed by atoms with Gasteiger partial charge in [-0.15, -0.1) is 0 Å². The minimum Gasteiger partial charge on any atom is -0.308 e. The summed E-state index contributed by atoms with van der Waals surface area (Å²) < 4.78 is 1.08. The van der Waals surface area contributed by atoms with Crippen LogP contribution in [-0.4, -0.2) is 9.97 Å². The van der Waals surface area contributed by atoms with Crippen molar-refractivity contribution in [3.63, 3.8) is 0 Å². The van der Waals surface area contributed by atoms with Crippen LogP contribution in [0.2, 0.25) is 0 Å². The van der Waals surface area contributed by atoms with Crippen molar-refractivity contribution in [3.05, 3.63) is 51.4 Å². The van der Waals surface area contributed by atoms with Crippen molar-refractivity contribution in [2.75, 3.05) is 5.43 Å². The number of rotatable bonds is 3. The molecular weight excluding hydrogens is 324 g/mol. The van der Waals surface area contributed by atoms with Crippen LogP contribution in [0.15, 0.2) is 28.7 Å². The van der Waals surface area contributed by atoms with Gasteiger partial charge in [-0.25, -0.2) is 15.8 Å². The molecular formula is C13H13BrN4S. The summed E-state index contributed by atoms with van der Waals surface area (Å²) in [6.45, 7) is 0. The number of thioether (sulfide) groups is 1. The molecule has 1 aromatic carbocycles. The summed E-state index contributed by atoms with van der Waals surface area (Å²) in [4.78, 5) is 9.15. The number of hydrazine groups is 1. The lowest BCUT2D eigenvalue weighted by Gasteiger charge is -2.09. The first kappa shape index (κ1) is 12.9. The maximum Gasteiger partial charge on any atom is 0.148 e. The third-order valence-corrected chi connectivity index (χ3v) is 4.54. The molecule has 3 N–H and O–H groups in total. The Balaban J connectivity index is 1.91. The largest absolute Gasteiger partial charge is 0.308 e. The lowest BCUT2D eigenvalue weighted by molar-refractivity contribution is 0.926. The van der Waals surface area contributed by atoms with Crippen LogP contribution in [0.1, 0.15) is 22.6 Å². The number of halogens is 1. The number of fused-ring (bicyclic) bond motifs is 1. The second-order valence-electron chi connectivity index (χ2n) is 4.35. The zero-order valence-corrected chi connectivity index (χ0v) is 12.6. The molecule has 0 atom stereocenters. The molecule has 0 bridgehead atoms. The van der Waals surface area contributed by atoms with Gasteiger partial charge in [-0.05, 0) is 17.7 Å². The van der Waals surface area contributed by atoms with Gasteiger partial charge in [-0.2, -0.15) is 11.8 Å². The minimum absolute atomic E-state index is 0.722. The number of nitrogens with one attached hydrogen (secondary N) is 1. The molecule has 0 spiro atoms. The Bertz CT molecular complexity index is 600. The van der Waals surface area contributed by atoms with Crippen molar-refractivity contribution >= 4 is 33.5 Å². The first-order chi connectivity index (χ1) is 9.26. The summed E-state index contributed by atoms with van der Waals surface area (Å²) in [5.41, 5.74) is 6.14. The normalized spacial score (nSPS) is 13.4. The lowest BCUT2D eigenvalue weighted by Crippen LogP contribution is -2.14. The fourth-order valence-corrected chi connectivity index (χ4v) is 3.39. The highest BCUT2D eigenvalue weighted by Gasteiger charge is 2.19. The van der Waals surface area contributed by atoms with Crippen LogP contribution in [0.25, 0.3) is 0 Å². The second kappa shape index (κ2) is 5.48. The number of anilines is 1. The predicted octanol–water partition coefficient (Wildman–Crippen LogP) is 2.86. The van der Waals surface area contributed by atoms with Gasteiger partial charge in [0, 0.05) is 28.0 Å². The van der Waals surface area contributed by atoms with Crippen LogP contribution in [0, 0.1) is 0 Å². The van der Waals surface area contributed by atoms with Crippen LogP contribution in [0.4, 0.5) is 5.82 Å². The first-order valence-electron chi connectivity index (χ1n) is 5.94. The van der Waals surface area contributed by atoms with Gasteiger partial charge in [0.05, 0.1) is 5.69 Å². The molecule has 0 fully saturated rings. The number of hydrogen-bond donors (Lipinski definition) is 2. The van der Waals surface area contributed by atoms with Gasteiger partial charge in [-0.1, -0.05) is 28.1 Å². The van der Waals surface area contributed by atoms with E-state index in [9.17, 15) is 0 Å². The topological polar surface area (TPSA) is 63.8 Å². The molecule has 0 amide bonds. The molecule has 0 radical (unpaired) electrons. The summed E-state index contributed by atoms with van der Waals surface area (Å²) in [5, 5.41) is 0. The number of nitrogens with two attached hydrogens (primary N) is 1. The molecule has 98 valence electrons. The van der Waals surface area contributed by atoms with Crippen LogP contribution in [-0.2, 0) is 17.9 Å². The molecule has 0 saturated heterocycles. The quantitative estimate of drug-likeness (QED) is 0.666. The Hall–Kier alpha value is -1.11. The number of benzene rings is 1. The van der Waals surface area contributed by atoms with E-state index in [1.807, 2.05) is 23.9 Å². The minimum atomic E-state index is 0.722. The van der Waals surface area contributed by atoms with Gasteiger partial charge in [0.15, 0.2) is 0 Å². The molecule has 4 nitrogen and oxygen atoms in total. The third kappa shape index (κ3) is 2.75. The number of nitrogen functional groups attached to an aromatic ring is 1. The van der Waals surface area contributed by atoms with Crippen LogP contribution in [0.3, 0.4) is 0 Å². The number of aromatic nitrogens is 2. The van der Waals surface area contributed by atoms with E-state index in [2.05, 4.69) is 43.5 Å². The Morgan fingerprint density at radius 2 is 2.00 bits per heavy atom. The summed E-state index contributed by atoms with van der Waals surface area (Å²) in [7, 11) is 0. The highest BCUT2D eigenvalue weighted by atomic mass is 79.9. The summed E-state index contributed by atoms with van der Waals surface area (Å²) in [5.74, 6) is 9.01. The van der Waals surface area contributed by atoms with E-state index in [0.717, 1.165) is 45.3 Å². The van der Waals surface area contributed by atoms with Crippen LogP contribution >= 0.6 is 27.7 Å². The average Bonchev–Trinajstić information content (AvgIpc) is 2.89. The second-order valence-corrected chi connectivity index (χ2v) is 6.26. The number of nitrogens with zero attached hydrogens (tertiary/aromatic N) is 2. The van der Waals surface area contributed by atoms with Crippen molar-refractivity contribution in [2.45, 2.75) is 17.9 Å². The van der Waals surface area contributed by atoms with Crippen molar-refractivity contribution < 1.29 is 0 Å². The van der Waals surface area contributed by atoms with E-state index in [1.165, 1.54) is 5.56 Å². The van der Waals surface area contributed by atoms with E-state index in [1.54, 1.807) is 0 Å². The van der Waals surface area contributed by atoms with E-state index in [-0.39, 0.29) is 0 Å². The van der Waals surface area contributed by atoms with Gasteiger partial charge >= 0.3 is 0 Å². The van der Waals surface area contributed by atoms with Crippen LogP contribution < -0.4 is 11.3 Å². The van der Waals surface area contributed by atoms with Crippen molar-refractivity contribution in [3.8, 4) is 0 Å². The van der Waals surface area contributed by atoms with Crippen molar-refractivity contribution in [1.29, 1.82) is 0 Å². The zero-order chi connectivity index (χ0) is 13.2. The van der Waals surface area contributed by atoms with Gasteiger partial charge in [0.2, 0.25) is 0 Å². The molecule has 1 aromatic heterocycles. The predicted molar refractivity (Wildman–Crippen MR) is 81.8 cm³/mol. The maximum atomic E-state index is 5.55. The lowest BCUT2D eigenvalue weighted by atomic mass is 10.1. The Morgan fingerprint density at radius 1 is 1.21 bits per heavy atom. The fourth-order valence-electron chi connectivity index (χ4n) is 2.09. The van der Waals surface area contributed by atoms with Gasteiger partial charge in [0.1, 0.15) is 11.6 Å². The van der Waals surface area contributed by atoms with Crippen molar-refractivity contribution in [2.24, 2.45) is 5.84 Å². The van der Waals surface area contributed by atoms with Gasteiger partial charge in [-0.3, -0.25) is 0 Å². The van der Waals surface area contributed by atoms with E-state index in [0.29, 0.717) is 0 Å². The van der Waals surface area contributed by atoms with Crippen LogP contribution in [0.5, 0.6) is 0 Å². The Morgan fingerprint density at radius 3 is 2.74 bits per heavy atom. The molecule has 2 heterocycles. The molecule has 0 aliphatic carbocycles. The summed E-state index contributed by atoms with van der Waals surface area (Å²) >= 11 is 5.28. The zero-order valence-electron chi connectivity index (χ0n) is 10.2. The Kier molecular flexibility index (Phi) is 3.72. The molecule has 2 aromatic rings. The molecule has 19 heavy (non-hydrogen) atoms. The maximum absolute atomic E-state index is 5.55. The monoisotopic (exact) mass is 336 g/mol. The van der Waals surface area contributed by atoms with E-state index in [4.69, 9.17) is 5.84 Å². The van der Waals surface area contributed by atoms with Gasteiger partial charge < -0.3 is 5.43 Å². The summed E-state index contributed by atoms with van der Waals surface area (Å²) in [6, 6.07) is 8.21. The van der Waals surface area contributed by atoms with E-state index < -0.39 is 0 Å². The third-order valence-electron chi connectivity index (χ3n) is 3.04.